The summed E-state index contributed by atoms with van der Waals surface area (Å²) in [5.41, 5.74) is 1.03. The van der Waals surface area contributed by atoms with Crippen LogP contribution < -0.4 is 0 Å². The van der Waals surface area contributed by atoms with E-state index in [4.69, 9.17) is 5.11 Å². The molecule has 1 aromatic rings. The number of fused-ring (bicyclic) bond motifs is 1. The number of aromatic carboxylic acids is 1. The zero-order valence-corrected chi connectivity index (χ0v) is 9.54. The summed E-state index contributed by atoms with van der Waals surface area (Å²) in [5.74, 6) is -0.913. The van der Waals surface area contributed by atoms with Crippen LogP contribution in [0.5, 0.6) is 0 Å². The molecule has 1 amide bonds. The number of hydrogen-bond acceptors (Lipinski definition) is 4. The third kappa shape index (κ3) is 1.88. The lowest BCUT2D eigenvalue weighted by Crippen LogP contribution is -2.35. The van der Waals surface area contributed by atoms with Gasteiger partial charge in [0.05, 0.1) is 13.7 Å². The fourth-order valence-corrected chi connectivity index (χ4v) is 2.78. The number of thiophene rings is 1. The van der Waals surface area contributed by atoms with Gasteiger partial charge in [0.2, 0.25) is 0 Å². The fraction of sp³-hybridized carbons (Fsp3) is 0.400. The van der Waals surface area contributed by atoms with E-state index in [2.05, 4.69) is 4.74 Å². The number of carbonyl (C=O) groups excluding carboxylic acids is 1. The van der Waals surface area contributed by atoms with E-state index in [0.717, 1.165) is 10.4 Å². The monoisotopic (exact) mass is 241 g/mol. The van der Waals surface area contributed by atoms with Gasteiger partial charge in [-0.1, -0.05) is 0 Å². The maximum absolute atomic E-state index is 11.3. The average molecular weight is 241 g/mol. The van der Waals surface area contributed by atoms with Gasteiger partial charge in [0, 0.05) is 11.4 Å². The van der Waals surface area contributed by atoms with Crippen LogP contribution in [0.2, 0.25) is 0 Å². The molecule has 2 heterocycles. The van der Waals surface area contributed by atoms with Gasteiger partial charge in [-0.25, -0.2) is 9.59 Å². The van der Waals surface area contributed by atoms with E-state index in [9.17, 15) is 9.59 Å². The molecule has 0 spiro atoms. The van der Waals surface area contributed by atoms with Crippen LogP contribution in [0.4, 0.5) is 4.79 Å². The first kappa shape index (κ1) is 10.9. The summed E-state index contributed by atoms with van der Waals surface area (Å²) in [7, 11) is 1.34. The first-order chi connectivity index (χ1) is 7.61. The van der Waals surface area contributed by atoms with E-state index in [0.29, 0.717) is 24.4 Å². The molecule has 0 aliphatic carbocycles. The van der Waals surface area contributed by atoms with Crippen molar-refractivity contribution in [1.82, 2.24) is 4.90 Å². The molecule has 1 aromatic heterocycles. The molecule has 0 bridgehead atoms. The normalized spacial score (nSPS) is 14.4. The molecule has 0 atom stereocenters. The minimum Gasteiger partial charge on any atom is -0.477 e. The summed E-state index contributed by atoms with van der Waals surface area (Å²) in [5, 5.41) is 8.86. The average Bonchev–Trinajstić information content (AvgIpc) is 2.70. The molecule has 1 aliphatic heterocycles. The van der Waals surface area contributed by atoms with Crippen molar-refractivity contribution in [3.8, 4) is 0 Å². The van der Waals surface area contributed by atoms with E-state index in [1.807, 2.05) is 0 Å². The number of nitrogens with zero attached hydrogens (tertiary/aromatic N) is 1. The maximum atomic E-state index is 11.3. The molecule has 1 N–H and O–H groups in total. The number of methoxy groups -OCH3 is 1. The van der Waals surface area contributed by atoms with Crippen molar-refractivity contribution < 1.29 is 19.4 Å². The first-order valence-electron chi connectivity index (χ1n) is 4.79. The highest BCUT2D eigenvalue weighted by molar-refractivity contribution is 7.14. The number of ether oxygens (including phenoxy) is 1. The van der Waals surface area contributed by atoms with Crippen LogP contribution in [0.25, 0.3) is 0 Å². The van der Waals surface area contributed by atoms with Gasteiger partial charge < -0.3 is 14.7 Å². The van der Waals surface area contributed by atoms with Crippen molar-refractivity contribution in [2.75, 3.05) is 13.7 Å². The van der Waals surface area contributed by atoms with E-state index >= 15 is 0 Å². The molecule has 86 valence electrons. The van der Waals surface area contributed by atoms with E-state index in [1.54, 1.807) is 11.0 Å². The van der Waals surface area contributed by atoms with Crippen molar-refractivity contribution in [2.24, 2.45) is 0 Å². The summed E-state index contributed by atoms with van der Waals surface area (Å²) < 4.78 is 4.63. The zero-order chi connectivity index (χ0) is 11.7. The standard InChI is InChI=1S/C10H11NO4S/c1-15-10(14)11-3-2-6-4-7(9(12)13)16-8(6)5-11/h4H,2-3,5H2,1H3,(H,12,13). The van der Waals surface area contributed by atoms with E-state index in [-0.39, 0.29) is 6.09 Å². The van der Waals surface area contributed by atoms with Crippen molar-refractivity contribution in [3.05, 3.63) is 21.4 Å². The Bertz CT molecular complexity index is 440. The number of hydrogen-bond donors (Lipinski definition) is 1. The second-order valence-electron chi connectivity index (χ2n) is 3.51. The minimum atomic E-state index is -0.913. The Kier molecular flexibility index (Phi) is 2.82. The fourth-order valence-electron chi connectivity index (χ4n) is 1.71. The minimum absolute atomic E-state index is 0.330. The summed E-state index contributed by atoms with van der Waals surface area (Å²) >= 11 is 1.23. The van der Waals surface area contributed by atoms with Crippen LogP contribution in [0.3, 0.4) is 0 Å². The highest BCUT2D eigenvalue weighted by Gasteiger charge is 2.24. The molecule has 5 nitrogen and oxygen atoms in total. The van der Waals surface area contributed by atoms with Crippen LogP contribution >= 0.6 is 11.3 Å². The number of carbonyl (C=O) groups is 2. The van der Waals surface area contributed by atoms with Gasteiger partial charge in [-0.2, -0.15) is 0 Å². The van der Waals surface area contributed by atoms with Crippen LogP contribution in [0.1, 0.15) is 20.1 Å². The quantitative estimate of drug-likeness (QED) is 0.810. The lowest BCUT2D eigenvalue weighted by Gasteiger charge is -2.25. The van der Waals surface area contributed by atoms with Gasteiger partial charge in [0.1, 0.15) is 4.88 Å². The molecule has 0 unspecified atom stereocenters. The van der Waals surface area contributed by atoms with Gasteiger partial charge in [0.15, 0.2) is 0 Å². The summed E-state index contributed by atoms with van der Waals surface area (Å²) in [4.78, 5) is 24.9. The molecule has 2 rings (SSSR count). The smallest absolute Gasteiger partial charge is 0.409 e. The summed E-state index contributed by atoms with van der Waals surface area (Å²) in [6.07, 6.45) is 0.324. The predicted octanol–water partition coefficient (Wildman–Crippen LogP) is 1.57. The lowest BCUT2D eigenvalue weighted by atomic mass is 10.1. The molecular weight excluding hydrogens is 230 g/mol. The Labute approximate surface area is 96.2 Å². The second-order valence-corrected chi connectivity index (χ2v) is 4.64. The van der Waals surface area contributed by atoms with Crippen LogP contribution in [-0.2, 0) is 17.7 Å². The molecule has 0 radical (unpaired) electrons. The molecule has 16 heavy (non-hydrogen) atoms. The predicted molar refractivity (Wildman–Crippen MR) is 57.8 cm³/mol. The number of rotatable bonds is 1. The maximum Gasteiger partial charge on any atom is 0.409 e. The Morgan fingerprint density at radius 3 is 2.94 bits per heavy atom. The molecule has 0 aromatic carbocycles. The highest BCUT2D eigenvalue weighted by atomic mass is 32.1. The molecule has 1 aliphatic rings. The largest absolute Gasteiger partial charge is 0.477 e. The lowest BCUT2D eigenvalue weighted by molar-refractivity contribution is 0.0702. The third-order valence-corrected chi connectivity index (χ3v) is 3.68. The van der Waals surface area contributed by atoms with Crippen LogP contribution in [-0.4, -0.2) is 35.7 Å². The number of carboxylic acid groups (broad SMARTS) is 1. The van der Waals surface area contributed by atoms with Gasteiger partial charge in [-0.15, -0.1) is 11.3 Å². The molecule has 0 saturated heterocycles. The second kappa shape index (κ2) is 4.13. The van der Waals surface area contributed by atoms with Gasteiger partial charge in [-0.3, -0.25) is 0 Å². The molecular formula is C10H11NO4S. The van der Waals surface area contributed by atoms with Crippen molar-refractivity contribution >= 4 is 23.4 Å². The number of carboxylic acids is 1. The van der Waals surface area contributed by atoms with Gasteiger partial charge in [-0.05, 0) is 18.1 Å². The van der Waals surface area contributed by atoms with Crippen molar-refractivity contribution in [2.45, 2.75) is 13.0 Å². The Morgan fingerprint density at radius 1 is 1.56 bits per heavy atom. The third-order valence-electron chi connectivity index (χ3n) is 2.53. The molecule has 6 heteroatoms. The first-order valence-corrected chi connectivity index (χ1v) is 5.61. The Balaban J connectivity index is 2.20. The van der Waals surface area contributed by atoms with E-state index in [1.165, 1.54) is 18.4 Å². The molecule has 0 fully saturated rings. The summed E-state index contributed by atoms with van der Waals surface area (Å²) in [6.45, 7) is 1.02. The van der Waals surface area contributed by atoms with Crippen LogP contribution in [0.15, 0.2) is 6.07 Å². The highest BCUT2D eigenvalue weighted by Crippen LogP contribution is 2.28. The van der Waals surface area contributed by atoms with E-state index < -0.39 is 5.97 Å². The summed E-state index contributed by atoms with van der Waals surface area (Å²) in [6, 6.07) is 1.69. The Hall–Kier alpha value is -1.56. The van der Waals surface area contributed by atoms with Crippen molar-refractivity contribution in [3.63, 3.8) is 0 Å². The SMILES string of the molecule is COC(=O)N1CCc2cc(C(=O)O)sc2C1. The Morgan fingerprint density at radius 2 is 2.31 bits per heavy atom. The van der Waals surface area contributed by atoms with Crippen LogP contribution in [0, 0.1) is 0 Å². The zero-order valence-electron chi connectivity index (χ0n) is 8.73. The van der Waals surface area contributed by atoms with Gasteiger partial charge in [0.25, 0.3) is 0 Å². The molecule has 0 saturated carbocycles. The van der Waals surface area contributed by atoms with Gasteiger partial charge >= 0.3 is 12.1 Å². The van der Waals surface area contributed by atoms with Crippen molar-refractivity contribution in [1.29, 1.82) is 0 Å². The topological polar surface area (TPSA) is 66.8 Å². The number of amides is 1.